The zero-order chi connectivity index (χ0) is 15.6. The third-order valence-electron chi connectivity index (χ3n) is 3.12. The first-order valence-electron chi connectivity index (χ1n) is 7.21. The van der Waals surface area contributed by atoms with Gasteiger partial charge in [-0.1, -0.05) is 40.0 Å². The molecule has 0 atom stereocenters. The number of alkyl halides is 3. The van der Waals surface area contributed by atoms with Crippen molar-refractivity contribution in [1.29, 1.82) is 0 Å². The molecule has 0 saturated carbocycles. The van der Waals surface area contributed by atoms with E-state index < -0.39 is 12.6 Å². The highest BCUT2D eigenvalue weighted by Crippen LogP contribution is 2.22. The Labute approximate surface area is 120 Å². The number of unbranched alkanes of at least 4 members (excludes halogenated alkanes) is 2. The lowest BCUT2D eigenvalue weighted by Gasteiger charge is -2.26. The highest BCUT2D eigenvalue weighted by molar-refractivity contribution is 5.79. The fourth-order valence-corrected chi connectivity index (χ4v) is 1.81. The third-order valence-corrected chi connectivity index (χ3v) is 3.12. The molecule has 0 heterocycles. The van der Waals surface area contributed by atoms with Crippen molar-refractivity contribution >= 4 is 5.96 Å². The first-order chi connectivity index (χ1) is 9.20. The summed E-state index contributed by atoms with van der Waals surface area (Å²) < 4.78 is 36.2. The second-order valence-corrected chi connectivity index (χ2v) is 5.84. The Bertz CT molecular complexity index is 286. The average Bonchev–Trinajstić information content (AvgIpc) is 2.32. The van der Waals surface area contributed by atoms with Gasteiger partial charge in [-0.15, -0.1) is 0 Å². The minimum Gasteiger partial charge on any atom is -0.356 e. The summed E-state index contributed by atoms with van der Waals surface area (Å²) >= 11 is 0. The molecule has 3 nitrogen and oxygen atoms in total. The Morgan fingerprint density at radius 3 is 2.20 bits per heavy atom. The molecule has 0 unspecified atom stereocenters. The van der Waals surface area contributed by atoms with Crippen LogP contribution in [0.4, 0.5) is 13.2 Å². The van der Waals surface area contributed by atoms with Crippen molar-refractivity contribution in [2.24, 2.45) is 10.4 Å². The Morgan fingerprint density at radius 2 is 1.70 bits per heavy atom. The molecule has 0 aliphatic carbocycles. The largest absolute Gasteiger partial charge is 0.390 e. The van der Waals surface area contributed by atoms with E-state index in [2.05, 4.69) is 36.4 Å². The van der Waals surface area contributed by atoms with Gasteiger partial charge in [-0.05, 0) is 11.8 Å². The van der Waals surface area contributed by atoms with E-state index in [1.165, 1.54) is 19.3 Å². The number of guanidine groups is 1. The number of nitrogens with zero attached hydrogens (tertiary/aromatic N) is 1. The summed E-state index contributed by atoms with van der Waals surface area (Å²) in [4.78, 5) is 3.93. The van der Waals surface area contributed by atoms with E-state index in [1.54, 1.807) is 7.05 Å². The summed E-state index contributed by atoms with van der Waals surface area (Å²) in [6, 6.07) is 0. The molecule has 0 bridgehead atoms. The quantitative estimate of drug-likeness (QED) is 0.407. The van der Waals surface area contributed by atoms with Crippen LogP contribution in [0.5, 0.6) is 0 Å². The number of hydrogen-bond acceptors (Lipinski definition) is 1. The zero-order valence-corrected chi connectivity index (χ0v) is 13.0. The molecule has 0 radical (unpaired) electrons. The molecule has 6 heteroatoms. The smallest absolute Gasteiger partial charge is 0.356 e. The summed E-state index contributed by atoms with van der Waals surface area (Å²) in [6.45, 7) is 7.01. The molecule has 0 spiro atoms. The van der Waals surface area contributed by atoms with Gasteiger partial charge >= 0.3 is 6.18 Å². The highest BCUT2D eigenvalue weighted by Gasteiger charge is 2.26. The van der Waals surface area contributed by atoms with Crippen LogP contribution in [0.1, 0.15) is 52.9 Å². The van der Waals surface area contributed by atoms with Crippen molar-refractivity contribution in [2.75, 3.05) is 20.1 Å². The van der Waals surface area contributed by atoms with Crippen LogP contribution in [-0.4, -0.2) is 32.3 Å². The molecular weight excluding hydrogens is 267 g/mol. The standard InChI is InChI=1S/C14H28F3N3/c1-5-6-7-8-13(2,3)11-20-12(18-4)19-10-9-14(15,16)17/h5-11H2,1-4H3,(H2,18,19,20). The average molecular weight is 295 g/mol. The van der Waals surface area contributed by atoms with Gasteiger partial charge in [-0.25, -0.2) is 0 Å². The Balaban J connectivity index is 4.00. The van der Waals surface area contributed by atoms with Crippen molar-refractivity contribution < 1.29 is 13.2 Å². The minimum atomic E-state index is -4.13. The van der Waals surface area contributed by atoms with Crippen LogP contribution >= 0.6 is 0 Å². The van der Waals surface area contributed by atoms with Gasteiger partial charge in [0.05, 0.1) is 6.42 Å². The van der Waals surface area contributed by atoms with E-state index >= 15 is 0 Å². The zero-order valence-electron chi connectivity index (χ0n) is 13.0. The van der Waals surface area contributed by atoms with Gasteiger partial charge < -0.3 is 10.6 Å². The van der Waals surface area contributed by atoms with Crippen molar-refractivity contribution in [3.05, 3.63) is 0 Å². The first kappa shape index (κ1) is 19.1. The van der Waals surface area contributed by atoms with Gasteiger partial charge in [0.25, 0.3) is 0 Å². The topological polar surface area (TPSA) is 36.4 Å². The van der Waals surface area contributed by atoms with Gasteiger partial charge in [0.1, 0.15) is 0 Å². The van der Waals surface area contributed by atoms with E-state index in [0.717, 1.165) is 6.42 Å². The molecular formula is C14H28F3N3. The van der Waals surface area contributed by atoms with E-state index in [9.17, 15) is 13.2 Å². The molecule has 120 valence electrons. The van der Waals surface area contributed by atoms with Gasteiger partial charge in [0.2, 0.25) is 0 Å². The fraction of sp³-hybridized carbons (Fsp3) is 0.929. The summed E-state index contributed by atoms with van der Waals surface area (Å²) in [5.74, 6) is 0.429. The van der Waals surface area contributed by atoms with E-state index in [1.807, 2.05) is 0 Å². The Kier molecular flexibility index (Phi) is 8.65. The Hall–Kier alpha value is -0.940. The molecule has 20 heavy (non-hydrogen) atoms. The second kappa shape index (κ2) is 9.08. The number of rotatable bonds is 8. The predicted octanol–water partition coefficient (Wildman–Crippen LogP) is 3.71. The highest BCUT2D eigenvalue weighted by atomic mass is 19.4. The van der Waals surface area contributed by atoms with Crippen LogP contribution in [0.15, 0.2) is 4.99 Å². The summed E-state index contributed by atoms with van der Waals surface area (Å²) in [7, 11) is 1.56. The lowest BCUT2D eigenvalue weighted by molar-refractivity contribution is -0.132. The van der Waals surface area contributed by atoms with Crippen LogP contribution in [0.25, 0.3) is 0 Å². The molecule has 2 N–H and O–H groups in total. The summed E-state index contributed by atoms with van der Waals surface area (Å²) in [5, 5.41) is 5.78. The minimum absolute atomic E-state index is 0.108. The maximum Gasteiger partial charge on any atom is 0.390 e. The maximum atomic E-state index is 12.1. The van der Waals surface area contributed by atoms with Crippen LogP contribution in [0.2, 0.25) is 0 Å². The second-order valence-electron chi connectivity index (χ2n) is 5.84. The molecule has 0 rings (SSSR count). The summed E-state index contributed by atoms with van der Waals surface area (Å²) in [5.41, 5.74) is 0.108. The monoisotopic (exact) mass is 295 g/mol. The lowest BCUT2D eigenvalue weighted by Crippen LogP contribution is -2.43. The molecule has 0 aliphatic heterocycles. The molecule has 0 aliphatic rings. The molecule has 0 aromatic carbocycles. The summed E-state index contributed by atoms with van der Waals surface area (Å²) in [6.07, 6.45) is -0.330. The first-order valence-corrected chi connectivity index (χ1v) is 7.21. The fourth-order valence-electron chi connectivity index (χ4n) is 1.81. The molecule has 0 fully saturated rings. The van der Waals surface area contributed by atoms with Gasteiger partial charge in [0, 0.05) is 20.1 Å². The lowest BCUT2D eigenvalue weighted by atomic mass is 9.87. The maximum absolute atomic E-state index is 12.1. The van der Waals surface area contributed by atoms with Crippen molar-refractivity contribution in [3.63, 3.8) is 0 Å². The molecule has 0 aromatic heterocycles. The van der Waals surface area contributed by atoms with Crippen molar-refractivity contribution in [2.45, 2.75) is 59.1 Å². The molecule has 0 saturated heterocycles. The van der Waals surface area contributed by atoms with Crippen LogP contribution in [0, 0.1) is 5.41 Å². The predicted molar refractivity (Wildman–Crippen MR) is 78.0 cm³/mol. The number of nitrogens with one attached hydrogen (secondary N) is 2. The van der Waals surface area contributed by atoms with Crippen molar-refractivity contribution in [3.8, 4) is 0 Å². The number of aliphatic imine (C=N–C) groups is 1. The Morgan fingerprint density at radius 1 is 1.05 bits per heavy atom. The van der Waals surface area contributed by atoms with Crippen molar-refractivity contribution in [1.82, 2.24) is 10.6 Å². The number of hydrogen-bond donors (Lipinski definition) is 2. The molecule has 0 amide bonds. The number of halogens is 3. The van der Waals surface area contributed by atoms with E-state index in [0.29, 0.717) is 12.5 Å². The SMILES string of the molecule is CCCCCC(C)(C)CNC(=NC)NCCC(F)(F)F. The van der Waals surface area contributed by atoms with E-state index in [-0.39, 0.29) is 12.0 Å². The van der Waals surface area contributed by atoms with Gasteiger partial charge in [0.15, 0.2) is 5.96 Å². The third kappa shape index (κ3) is 10.9. The van der Waals surface area contributed by atoms with Gasteiger partial charge in [-0.3, -0.25) is 4.99 Å². The van der Waals surface area contributed by atoms with Crippen LogP contribution in [-0.2, 0) is 0 Å². The van der Waals surface area contributed by atoms with Crippen LogP contribution in [0.3, 0.4) is 0 Å². The van der Waals surface area contributed by atoms with Crippen LogP contribution < -0.4 is 10.6 Å². The molecule has 0 aromatic rings. The van der Waals surface area contributed by atoms with E-state index in [4.69, 9.17) is 0 Å². The van der Waals surface area contributed by atoms with Gasteiger partial charge in [-0.2, -0.15) is 13.2 Å². The normalized spacial score (nSPS) is 13.4.